The molecule has 0 amide bonds. The van der Waals surface area contributed by atoms with Crippen molar-refractivity contribution in [2.45, 2.75) is 11.8 Å². The SMILES string of the molecule is CN1CCC(CN(C)c2cccc(Cl)c2CBr)C1. The normalized spacial score (nSPS) is 20.3. The molecule has 0 bridgehead atoms. The largest absolute Gasteiger partial charge is 0.374 e. The smallest absolute Gasteiger partial charge is 0.0467 e. The van der Waals surface area contributed by atoms with Crippen molar-refractivity contribution in [2.24, 2.45) is 5.92 Å². The van der Waals surface area contributed by atoms with Crippen LogP contribution < -0.4 is 4.90 Å². The van der Waals surface area contributed by atoms with Crippen molar-refractivity contribution in [3.05, 3.63) is 28.8 Å². The van der Waals surface area contributed by atoms with Gasteiger partial charge in [0, 0.05) is 41.7 Å². The molecule has 1 unspecified atom stereocenters. The molecule has 1 aromatic rings. The lowest BCUT2D eigenvalue weighted by Gasteiger charge is -2.25. The van der Waals surface area contributed by atoms with Gasteiger partial charge in [-0.3, -0.25) is 0 Å². The zero-order valence-electron chi connectivity index (χ0n) is 11.0. The third-order valence-corrected chi connectivity index (χ3v) is 4.57. The molecule has 0 radical (unpaired) electrons. The number of nitrogens with zero attached hydrogens (tertiary/aromatic N) is 2. The van der Waals surface area contributed by atoms with Crippen molar-refractivity contribution in [1.82, 2.24) is 4.90 Å². The molecular formula is C14H20BrClN2. The lowest BCUT2D eigenvalue weighted by atomic mass is 10.1. The van der Waals surface area contributed by atoms with E-state index in [2.05, 4.69) is 45.9 Å². The summed E-state index contributed by atoms with van der Waals surface area (Å²) in [5, 5.41) is 1.65. The van der Waals surface area contributed by atoms with Crippen LogP contribution in [0.3, 0.4) is 0 Å². The quantitative estimate of drug-likeness (QED) is 0.778. The van der Waals surface area contributed by atoms with E-state index in [-0.39, 0.29) is 0 Å². The second-order valence-corrected chi connectivity index (χ2v) is 6.14. The minimum atomic E-state index is 0.766. The summed E-state index contributed by atoms with van der Waals surface area (Å²) in [7, 11) is 4.36. The van der Waals surface area contributed by atoms with Gasteiger partial charge in [0.1, 0.15) is 0 Å². The Balaban J connectivity index is 2.08. The first kappa shape index (κ1) is 14.2. The summed E-state index contributed by atoms with van der Waals surface area (Å²) in [5.74, 6) is 0.766. The van der Waals surface area contributed by atoms with Crippen LogP contribution in [-0.4, -0.2) is 38.6 Å². The summed E-state index contributed by atoms with van der Waals surface area (Å²) in [6.45, 7) is 3.53. The maximum absolute atomic E-state index is 6.25. The number of hydrogen-bond donors (Lipinski definition) is 0. The molecule has 2 nitrogen and oxygen atoms in total. The first-order valence-corrected chi connectivity index (χ1v) is 7.84. The van der Waals surface area contributed by atoms with E-state index in [0.717, 1.165) is 22.8 Å². The van der Waals surface area contributed by atoms with Gasteiger partial charge in [0.05, 0.1) is 0 Å². The van der Waals surface area contributed by atoms with Gasteiger partial charge < -0.3 is 9.80 Å². The molecular weight excluding hydrogens is 312 g/mol. The predicted octanol–water partition coefficient (Wildman–Crippen LogP) is 3.62. The molecule has 2 rings (SSSR count). The Morgan fingerprint density at radius 2 is 2.28 bits per heavy atom. The second kappa shape index (κ2) is 6.27. The van der Waals surface area contributed by atoms with Gasteiger partial charge in [-0.05, 0) is 38.1 Å². The van der Waals surface area contributed by atoms with Crippen molar-refractivity contribution in [3.63, 3.8) is 0 Å². The zero-order chi connectivity index (χ0) is 13.1. The summed E-state index contributed by atoms with van der Waals surface area (Å²) in [6.07, 6.45) is 1.30. The fourth-order valence-electron chi connectivity index (χ4n) is 2.70. The highest BCUT2D eigenvalue weighted by Gasteiger charge is 2.21. The highest BCUT2D eigenvalue weighted by molar-refractivity contribution is 9.08. The molecule has 0 spiro atoms. The van der Waals surface area contributed by atoms with Gasteiger partial charge >= 0.3 is 0 Å². The molecule has 0 aliphatic carbocycles. The molecule has 0 aromatic heterocycles. The minimum Gasteiger partial charge on any atom is -0.374 e. The molecule has 1 atom stereocenters. The van der Waals surface area contributed by atoms with Crippen molar-refractivity contribution < 1.29 is 0 Å². The van der Waals surface area contributed by atoms with Crippen molar-refractivity contribution in [2.75, 3.05) is 38.6 Å². The first-order chi connectivity index (χ1) is 8.61. The molecule has 18 heavy (non-hydrogen) atoms. The van der Waals surface area contributed by atoms with Gasteiger partial charge in [0.25, 0.3) is 0 Å². The molecule has 1 aromatic carbocycles. The van der Waals surface area contributed by atoms with Gasteiger partial charge in [0.2, 0.25) is 0 Å². The maximum atomic E-state index is 6.25. The molecule has 0 saturated carbocycles. The van der Waals surface area contributed by atoms with Gasteiger partial charge in [-0.15, -0.1) is 0 Å². The molecule has 4 heteroatoms. The minimum absolute atomic E-state index is 0.766. The van der Waals surface area contributed by atoms with E-state index < -0.39 is 0 Å². The second-order valence-electron chi connectivity index (χ2n) is 5.17. The fourth-order valence-corrected chi connectivity index (χ4v) is 3.69. The zero-order valence-corrected chi connectivity index (χ0v) is 13.3. The maximum Gasteiger partial charge on any atom is 0.0467 e. The van der Waals surface area contributed by atoms with Crippen LogP contribution in [0.5, 0.6) is 0 Å². The third kappa shape index (κ3) is 3.19. The molecule has 0 N–H and O–H groups in total. The number of benzene rings is 1. The van der Waals surface area contributed by atoms with Crippen LogP contribution in [0.25, 0.3) is 0 Å². The lowest BCUT2D eigenvalue weighted by molar-refractivity contribution is 0.396. The average Bonchev–Trinajstić information content (AvgIpc) is 2.74. The van der Waals surface area contributed by atoms with Crippen molar-refractivity contribution in [1.29, 1.82) is 0 Å². The number of halogens is 2. The highest BCUT2D eigenvalue weighted by Crippen LogP contribution is 2.30. The van der Waals surface area contributed by atoms with Gasteiger partial charge in [0.15, 0.2) is 0 Å². The number of hydrogen-bond acceptors (Lipinski definition) is 2. The average molecular weight is 332 g/mol. The van der Waals surface area contributed by atoms with Crippen molar-refractivity contribution >= 4 is 33.2 Å². The highest BCUT2D eigenvalue weighted by atomic mass is 79.9. The fraction of sp³-hybridized carbons (Fsp3) is 0.571. The Hall–Kier alpha value is -0.250. The number of likely N-dealkylation sites (tertiary alicyclic amines) is 1. The molecule has 1 aliphatic rings. The Labute approximate surface area is 123 Å². The number of anilines is 1. The lowest BCUT2D eigenvalue weighted by Crippen LogP contribution is -2.27. The summed E-state index contributed by atoms with van der Waals surface area (Å²) in [5.41, 5.74) is 2.43. The van der Waals surface area contributed by atoms with Gasteiger partial charge in [-0.25, -0.2) is 0 Å². The summed E-state index contributed by atoms with van der Waals surface area (Å²) < 4.78 is 0. The molecule has 1 heterocycles. The van der Waals surface area contributed by atoms with Crippen molar-refractivity contribution in [3.8, 4) is 0 Å². The topological polar surface area (TPSA) is 6.48 Å². The monoisotopic (exact) mass is 330 g/mol. The van der Waals surface area contributed by atoms with E-state index >= 15 is 0 Å². The number of rotatable bonds is 4. The van der Waals surface area contributed by atoms with Crippen LogP contribution in [0.15, 0.2) is 18.2 Å². The van der Waals surface area contributed by atoms with E-state index in [9.17, 15) is 0 Å². The molecule has 100 valence electrons. The van der Waals surface area contributed by atoms with E-state index in [0.29, 0.717) is 0 Å². The van der Waals surface area contributed by atoms with Crippen LogP contribution in [0.1, 0.15) is 12.0 Å². The van der Waals surface area contributed by atoms with E-state index in [1.165, 1.54) is 30.8 Å². The molecule has 1 aliphatic heterocycles. The Morgan fingerprint density at radius 1 is 1.50 bits per heavy atom. The summed E-state index contributed by atoms with van der Waals surface area (Å²) in [4.78, 5) is 4.74. The van der Waals surface area contributed by atoms with Crippen LogP contribution in [0.4, 0.5) is 5.69 Å². The van der Waals surface area contributed by atoms with Gasteiger partial charge in [-0.1, -0.05) is 33.6 Å². The van der Waals surface area contributed by atoms with Crippen LogP contribution in [-0.2, 0) is 5.33 Å². The van der Waals surface area contributed by atoms with E-state index in [1.807, 2.05) is 12.1 Å². The van der Waals surface area contributed by atoms with Crippen LogP contribution in [0.2, 0.25) is 5.02 Å². The van der Waals surface area contributed by atoms with E-state index in [1.54, 1.807) is 0 Å². The summed E-state index contributed by atoms with van der Waals surface area (Å²) >= 11 is 9.78. The Kier molecular flexibility index (Phi) is 4.93. The number of alkyl halides is 1. The van der Waals surface area contributed by atoms with Crippen LogP contribution >= 0.6 is 27.5 Å². The Bertz CT molecular complexity index is 411. The molecule has 1 fully saturated rings. The predicted molar refractivity (Wildman–Crippen MR) is 83.0 cm³/mol. The van der Waals surface area contributed by atoms with E-state index in [4.69, 9.17) is 11.6 Å². The molecule has 1 saturated heterocycles. The summed E-state index contributed by atoms with van der Waals surface area (Å²) in [6, 6.07) is 6.14. The Morgan fingerprint density at radius 3 is 2.89 bits per heavy atom. The van der Waals surface area contributed by atoms with Gasteiger partial charge in [-0.2, -0.15) is 0 Å². The van der Waals surface area contributed by atoms with Crippen LogP contribution in [0, 0.1) is 5.92 Å². The standard InChI is InChI=1S/C14H20BrClN2/c1-17-7-6-11(9-17)10-18(2)14-5-3-4-13(16)12(14)8-15/h3-5,11H,6-10H2,1-2H3. The first-order valence-electron chi connectivity index (χ1n) is 6.35. The third-order valence-electron chi connectivity index (χ3n) is 3.66.